The minimum atomic E-state index is -0.01000. The number of rotatable bonds is 6. The van der Waals surface area contributed by atoms with E-state index in [-0.39, 0.29) is 6.71 Å². The summed E-state index contributed by atoms with van der Waals surface area (Å²) in [6, 6.07) is 81.4. The van der Waals surface area contributed by atoms with E-state index in [1.165, 1.54) is 75.3 Å². The number of ether oxygens (including phenoxy) is 1. The van der Waals surface area contributed by atoms with E-state index in [1.54, 1.807) is 0 Å². The zero-order chi connectivity index (χ0) is 41.4. The van der Waals surface area contributed by atoms with Gasteiger partial charge in [0, 0.05) is 54.3 Å². The van der Waals surface area contributed by atoms with Crippen LogP contribution in [0.15, 0.2) is 224 Å². The van der Waals surface area contributed by atoms with Crippen molar-refractivity contribution < 1.29 is 4.74 Å². The average Bonchev–Trinajstić information content (AvgIpc) is 3.72. The normalized spacial score (nSPS) is 12.5. The third-order valence-corrected chi connectivity index (χ3v) is 14.1. The van der Waals surface area contributed by atoms with Crippen LogP contribution in [0, 0.1) is 0 Å². The van der Waals surface area contributed by atoms with Gasteiger partial charge in [-0.25, -0.2) is 0 Å². The molecule has 3 heterocycles. The van der Waals surface area contributed by atoms with E-state index in [4.69, 9.17) is 4.74 Å². The Morgan fingerprint density at radius 3 is 1.79 bits per heavy atom. The minimum Gasteiger partial charge on any atom is -0.458 e. The maximum atomic E-state index is 7.02. The molecule has 2 aliphatic rings. The summed E-state index contributed by atoms with van der Waals surface area (Å²) in [4.78, 5) is 4.78. The molecule has 0 radical (unpaired) electrons. The van der Waals surface area contributed by atoms with Crippen molar-refractivity contribution in [2.75, 3.05) is 9.80 Å². The molecule has 11 aromatic rings. The van der Waals surface area contributed by atoms with Crippen molar-refractivity contribution in [2.45, 2.75) is 0 Å². The second kappa shape index (κ2) is 14.4. The van der Waals surface area contributed by atoms with Gasteiger partial charge >= 0.3 is 0 Å². The van der Waals surface area contributed by atoms with Gasteiger partial charge < -0.3 is 14.5 Å². The van der Waals surface area contributed by atoms with Gasteiger partial charge in [0.2, 0.25) is 0 Å². The van der Waals surface area contributed by atoms with Gasteiger partial charge in [0.1, 0.15) is 11.5 Å². The Bertz CT molecular complexity index is 3520. The molecule has 10 aromatic carbocycles. The number of anilines is 6. The Balaban J connectivity index is 0.974. The smallest absolute Gasteiger partial charge is 0.256 e. The van der Waals surface area contributed by atoms with Crippen LogP contribution in [-0.4, -0.2) is 6.71 Å². The monoisotopic (exact) mass is 820 g/mol. The Labute approximate surface area is 370 Å². The number of nitrogens with zero attached hydrogens (tertiary/aromatic N) is 2. The first-order valence-corrected chi connectivity index (χ1v) is 22.3. The van der Waals surface area contributed by atoms with Crippen LogP contribution in [0.3, 0.4) is 0 Å². The number of hydrogen-bond donors (Lipinski definition) is 0. The van der Waals surface area contributed by atoms with Crippen LogP contribution in [0.25, 0.3) is 53.2 Å². The number of benzene rings is 10. The number of para-hydroxylation sites is 2. The van der Waals surface area contributed by atoms with Crippen molar-refractivity contribution in [1.29, 1.82) is 0 Å². The molecular weight excluding hydrogens is 784 g/mol. The lowest BCUT2D eigenvalue weighted by molar-refractivity contribution is 0.488. The van der Waals surface area contributed by atoms with Gasteiger partial charge in [0.05, 0.1) is 0 Å². The van der Waals surface area contributed by atoms with Crippen LogP contribution in [0.5, 0.6) is 11.5 Å². The van der Waals surface area contributed by atoms with Crippen LogP contribution < -0.4 is 30.9 Å². The molecule has 0 amide bonds. The highest BCUT2D eigenvalue weighted by Gasteiger charge is 2.42. The zero-order valence-corrected chi connectivity index (χ0v) is 35.0. The highest BCUT2D eigenvalue weighted by Crippen LogP contribution is 2.46. The summed E-state index contributed by atoms with van der Waals surface area (Å²) in [6.07, 6.45) is 0. The minimum absolute atomic E-state index is 0.01000. The summed E-state index contributed by atoms with van der Waals surface area (Å²) in [6.45, 7) is -0.01000. The fraction of sp³-hybridized carbons (Fsp3) is 0. The number of hydrogen-bond acceptors (Lipinski definition) is 4. The van der Waals surface area contributed by atoms with Crippen molar-refractivity contribution in [3.05, 3.63) is 224 Å². The maximum Gasteiger partial charge on any atom is 0.256 e. The Morgan fingerprint density at radius 1 is 0.413 bits per heavy atom. The van der Waals surface area contributed by atoms with Gasteiger partial charge in [-0.2, -0.15) is 0 Å². The SMILES string of the molecule is c1ccc(-c2cccc(N3c4cc(-c5ccccc5)ccc4B4c5cc6sc7c8ccc(N(c9ccccc9)c9ccccc9)cc8ccc7c6cc5Oc5cccc3c54)c2)cc1. The number of thiophene rings is 1. The molecule has 294 valence electrons. The summed E-state index contributed by atoms with van der Waals surface area (Å²) in [5, 5.41) is 4.95. The lowest BCUT2D eigenvalue weighted by atomic mass is 9.34. The zero-order valence-electron chi connectivity index (χ0n) is 34.2. The van der Waals surface area contributed by atoms with E-state index in [2.05, 4.69) is 234 Å². The highest BCUT2D eigenvalue weighted by atomic mass is 32.1. The molecule has 3 nitrogen and oxygen atoms in total. The fourth-order valence-corrected chi connectivity index (χ4v) is 11.3. The van der Waals surface area contributed by atoms with Crippen LogP contribution in [0.4, 0.5) is 34.1 Å². The summed E-state index contributed by atoms with van der Waals surface area (Å²) < 4.78 is 9.58. The molecule has 2 aliphatic heterocycles. The first-order chi connectivity index (χ1) is 31.2. The number of fused-ring (bicyclic) bond motifs is 9. The van der Waals surface area contributed by atoms with Crippen LogP contribution in [0.2, 0.25) is 0 Å². The molecular formula is C58H37BN2OS. The second-order valence-corrected chi connectivity index (χ2v) is 17.5. The summed E-state index contributed by atoms with van der Waals surface area (Å²) in [5.74, 6) is 1.83. The molecule has 0 bridgehead atoms. The van der Waals surface area contributed by atoms with Gasteiger partial charge in [-0.3, -0.25) is 0 Å². The van der Waals surface area contributed by atoms with Crippen molar-refractivity contribution >= 4 is 99.5 Å². The first kappa shape index (κ1) is 35.9. The summed E-state index contributed by atoms with van der Waals surface area (Å²) in [5.41, 5.74) is 15.3. The van der Waals surface area contributed by atoms with Crippen molar-refractivity contribution in [3.8, 4) is 33.8 Å². The standard InChI is InChI=1S/C58H37BN2OS/c1-5-15-38(16-6-1)40-19-13-24-45(33-40)61-52-25-14-26-54-57(52)59(50-32-28-41(35-53(50)61)39-17-7-2-8-18-39)51-37-56-49(36-55(51)62-54)48-30-27-42-34-46(29-31-47(42)58(48)63-56)60(43-20-9-3-10-21-43)44-22-11-4-12-23-44/h1-37H. The molecule has 63 heavy (non-hydrogen) atoms. The van der Waals surface area contributed by atoms with Crippen LogP contribution in [-0.2, 0) is 0 Å². The Morgan fingerprint density at radius 2 is 1.06 bits per heavy atom. The van der Waals surface area contributed by atoms with Crippen molar-refractivity contribution in [1.82, 2.24) is 0 Å². The Kier molecular flexibility index (Phi) is 8.18. The van der Waals surface area contributed by atoms with E-state index in [9.17, 15) is 0 Å². The van der Waals surface area contributed by atoms with E-state index < -0.39 is 0 Å². The first-order valence-electron chi connectivity index (χ1n) is 21.5. The lowest BCUT2D eigenvalue weighted by Crippen LogP contribution is -2.59. The van der Waals surface area contributed by atoms with Crippen LogP contribution >= 0.6 is 11.3 Å². The topological polar surface area (TPSA) is 15.7 Å². The second-order valence-electron chi connectivity index (χ2n) is 16.5. The molecule has 0 unspecified atom stereocenters. The van der Waals surface area contributed by atoms with Crippen molar-refractivity contribution in [3.63, 3.8) is 0 Å². The molecule has 0 atom stereocenters. The van der Waals surface area contributed by atoms with Gasteiger partial charge in [-0.1, -0.05) is 146 Å². The largest absolute Gasteiger partial charge is 0.458 e. The van der Waals surface area contributed by atoms with E-state index >= 15 is 0 Å². The maximum absolute atomic E-state index is 7.02. The highest BCUT2D eigenvalue weighted by molar-refractivity contribution is 7.26. The van der Waals surface area contributed by atoms with Gasteiger partial charge in [-0.15, -0.1) is 11.3 Å². The molecule has 0 N–H and O–H groups in total. The molecule has 13 rings (SSSR count). The van der Waals surface area contributed by atoms with Gasteiger partial charge in [-0.05, 0) is 128 Å². The Hall–Kier alpha value is -7.86. The molecule has 0 spiro atoms. The van der Waals surface area contributed by atoms with Gasteiger partial charge in [0.15, 0.2) is 0 Å². The summed E-state index contributed by atoms with van der Waals surface area (Å²) in [7, 11) is 0. The fourth-order valence-electron chi connectivity index (χ4n) is 10.0. The quantitative estimate of drug-likeness (QED) is 0.155. The molecule has 1 aromatic heterocycles. The summed E-state index contributed by atoms with van der Waals surface area (Å²) >= 11 is 1.89. The van der Waals surface area contributed by atoms with Crippen LogP contribution in [0.1, 0.15) is 0 Å². The van der Waals surface area contributed by atoms with E-state index in [0.717, 1.165) is 39.9 Å². The predicted molar refractivity (Wildman–Crippen MR) is 268 cm³/mol. The van der Waals surface area contributed by atoms with Crippen molar-refractivity contribution in [2.24, 2.45) is 0 Å². The predicted octanol–water partition coefficient (Wildman–Crippen LogP) is 14.4. The average molecular weight is 821 g/mol. The molecule has 0 fully saturated rings. The molecule has 5 heteroatoms. The lowest BCUT2D eigenvalue weighted by Gasteiger charge is -2.40. The van der Waals surface area contributed by atoms with Gasteiger partial charge in [0.25, 0.3) is 6.71 Å². The third-order valence-electron chi connectivity index (χ3n) is 12.9. The third kappa shape index (κ3) is 5.81. The molecule has 0 aliphatic carbocycles. The van der Waals surface area contributed by atoms with E-state index in [1.807, 2.05) is 11.3 Å². The van der Waals surface area contributed by atoms with E-state index in [0.29, 0.717) is 0 Å². The molecule has 0 saturated heterocycles. The molecule has 0 saturated carbocycles.